The molecule has 1 amide bonds. The number of hydrogen-bond acceptors (Lipinski definition) is 7. The molecule has 5 heterocycles. The standard InChI is InChI=1S/C29H29FN6O2/c1-29(17-31)18-38-16-21-4-3-19(12-24(21)29)28(37)34-14-23-11-22-15-36(10-6-20(22)13-33-23)25-5-7-32-27(26(25)30)35-8-2-9-35/h3-5,7,11-13H,2,6,8-10,14-16,18H2,1H3,(H,34,37)/t29-/m1/s1. The molecule has 38 heavy (non-hydrogen) atoms. The Morgan fingerprint density at radius 2 is 2.03 bits per heavy atom. The number of nitriles is 1. The second-order valence-electron chi connectivity index (χ2n) is 10.4. The molecule has 6 rings (SSSR count). The molecule has 194 valence electrons. The minimum absolute atomic E-state index is 0.224. The number of carbonyl (C=O) groups is 1. The second-order valence-corrected chi connectivity index (χ2v) is 10.4. The maximum Gasteiger partial charge on any atom is 0.251 e. The zero-order valence-corrected chi connectivity index (χ0v) is 21.3. The molecule has 0 aliphatic carbocycles. The molecular formula is C29H29FN6O2. The molecule has 1 aromatic carbocycles. The molecule has 0 radical (unpaired) electrons. The third kappa shape index (κ3) is 4.35. The number of amides is 1. The van der Waals surface area contributed by atoms with Gasteiger partial charge in [0.05, 0.1) is 37.2 Å². The van der Waals surface area contributed by atoms with Gasteiger partial charge in [0.1, 0.15) is 5.41 Å². The molecule has 1 saturated heterocycles. The molecule has 0 bridgehead atoms. The number of ether oxygens (including phenoxy) is 1. The van der Waals surface area contributed by atoms with Crippen molar-refractivity contribution in [2.24, 2.45) is 0 Å². The largest absolute Gasteiger partial charge is 0.375 e. The van der Waals surface area contributed by atoms with Crippen LogP contribution in [0.15, 0.2) is 42.7 Å². The van der Waals surface area contributed by atoms with Gasteiger partial charge in [-0.05, 0) is 66.3 Å². The summed E-state index contributed by atoms with van der Waals surface area (Å²) in [5.41, 5.74) is 5.02. The van der Waals surface area contributed by atoms with E-state index in [1.165, 1.54) is 0 Å². The SMILES string of the molecule is C[C@@]1(C#N)COCc2ccc(C(=O)NCc3cc4c(cn3)CCN(c3ccnc(N5CCC5)c3F)C4)cc21. The molecule has 0 saturated carbocycles. The Bertz CT molecular complexity index is 1450. The van der Waals surface area contributed by atoms with E-state index in [4.69, 9.17) is 4.74 Å². The fourth-order valence-corrected chi connectivity index (χ4v) is 5.37. The van der Waals surface area contributed by atoms with Crippen LogP contribution in [0.3, 0.4) is 0 Å². The van der Waals surface area contributed by atoms with Gasteiger partial charge in [-0.15, -0.1) is 0 Å². The summed E-state index contributed by atoms with van der Waals surface area (Å²) in [6.07, 6.45) is 5.38. The van der Waals surface area contributed by atoms with Crippen LogP contribution in [0.2, 0.25) is 0 Å². The molecule has 1 atom stereocenters. The molecule has 3 aliphatic heterocycles. The van der Waals surface area contributed by atoms with Crippen LogP contribution in [0.25, 0.3) is 0 Å². The van der Waals surface area contributed by atoms with Gasteiger partial charge in [0.25, 0.3) is 5.91 Å². The van der Waals surface area contributed by atoms with E-state index in [1.54, 1.807) is 24.4 Å². The van der Waals surface area contributed by atoms with Crippen LogP contribution in [-0.4, -0.2) is 42.1 Å². The number of nitrogens with zero attached hydrogens (tertiary/aromatic N) is 5. The summed E-state index contributed by atoms with van der Waals surface area (Å²) in [6, 6.07) is 11.5. The molecule has 3 aromatic rings. The van der Waals surface area contributed by atoms with E-state index in [2.05, 4.69) is 21.4 Å². The monoisotopic (exact) mass is 512 g/mol. The quantitative estimate of drug-likeness (QED) is 0.558. The predicted molar refractivity (Wildman–Crippen MR) is 140 cm³/mol. The molecule has 0 spiro atoms. The van der Waals surface area contributed by atoms with Crippen molar-refractivity contribution in [3.05, 3.63) is 82.1 Å². The van der Waals surface area contributed by atoms with E-state index in [0.717, 1.165) is 53.9 Å². The number of nitrogens with one attached hydrogen (secondary N) is 1. The van der Waals surface area contributed by atoms with Crippen LogP contribution in [0.1, 0.15) is 51.7 Å². The first kappa shape index (κ1) is 24.3. The van der Waals surface area contributed by atoms with E-state index < -0.39 is 5.41 Å². The van der Waals surface area contributed by atoms with Crippen LogP contribution >= 0.6 is 0 Å². The minimum atomic E-state index is -0.778. The number of carbonyl (C=O) groups excluding carboxylic acids is 1. The summed E-state index contributed by atoms with van der Waals surface area (Å²) in [6.45, 7) is 5.80. The van der Waals surface area contributed by atoms with Crippen molar-refractivity contribution in [2.75, 3.05) is 36.0 Å². The zero-order valence-electron chi connectivity index (χ0n) is 21.3. The van der Waals surface area contributed by atoms with Gasteiger partial charge >= 0.3 is 0 Å². The van der Waals surface area contributed by atoms with Gasteiger partial charge < -0.3 is 19.9 Å². The highest BCUT2D eigenvalue weighted by Crippen LogP contribution is 2.33. The van der Waals surface area contributed by atoms with E-state index in [1.807, 2.05) is 35.1 Å². The van der Waals surface area contributed by atoms with Gasteiger partial charge in [-0.25, -0.2) is 9.37 Å². The van der Waals surface area contributed by atoms with Crippen LogP contribution in [-0.2, 0) is 36.3 Å². The summed E-state index contributed by atoms with van der Waals surface area (Å²) >= 11 is 0. The number of halogens is 1. The van der Waals surface area contributed by atoms with E-state index in [9.17, 15) is 10.1 Å². The van der Waals surface area contributed by atoms with E-state index in [-0.39, 0.29) is 18.3 Å². The van der Waals surface area contributed by atoms with Crippen LogP contribution < -0.4 is 15.1 Å². The van der Waals surface area contributed by atoms with Crippen molar-refractivity contribution in [2.45, 2.75) is 44.9 Å². The first-order chi connectivity index (χ1) is 18.4. The highest BCUT2D eigenvalue weighted by atomic mass is 19.1. The smallest absolute Gasteiger partial charge is 0.251 e. The lowest BCUT2D eigenvalue weighted by Crippen LogP contribution is -2.39. The highest BCUT2D eigenvalue weighted by molar-refractivity contribution is 5.94. The normalized spacial score (nSPS) is 20.1. The zero-order chi connectivity index (χ0) is 26.3. The number of benzene rings is 1. The fourth-order valence-electron chi connectivity index (χ4n) is 5.37. The molecule has 8 nitrogen and oxygen atoms in total. The Morgan fingerprint density at radius 3 is 2.82 bits per heavy atom. The topological polar surface area (TPSA) is 94.4 Å². The summed E-state index contributed by atoms with van der Waals surface area (Å²) in [7, 11) is 0. The summed E-state index contributed by atoms with van der Waals surface area (Å²) < 4.78 is 20.9. The summed E-state index contributed by atoms with van der Waals surface area (Å²) in [5.74, 6) is -0.0538. The third-order valence-electron chi connectivity index (χ3n) is 7.79. The van der Waals surface area contributed by atoms with Crippen molar-refractivity contribution < 1.29 is 13.9 Å². The number of aromatic nitrogens is 2. The van der Waals surface area contributed by atoms with Crippen molar-refractivity contribution in [1.29, 1.82) is 5.26 Å². The lowest BCUT2D eigenvalue weighted by molar-refractivity contribution is 0.0757. The molecule has 1 fully saturated rings. The summed E-state index contributed by atoms with van der Waals surface area (Å²) in [5, 5.41) is 12.6. The Labute approximate surface area is 221 Å². The first-order valence-electron chi connectivity index (χ1n) is 13.0. The average Bonchev–Trinajstić information content (AvgIpc) is 2.91. The number of fused-ring (bicyclic) bond motifs is 2. The van der Waals surface area contributed by atoms with Crippen molar-refractivity contribution in [1.82, 2.24) is 15.3 Å². The van der Waals surface area contributed by atoms with E-state index >= 15 is 4.39 Å². The molecule has 1 N–H and O–H groups in total. The lowest BCUT2D eigenvalue weighted by Gasteiger charge is -2.35. The van der Waals surface area contributed by atoms with Crippen LogP contribution in [0, 0.1) is 17.1 Å². The minimum Gasteiger partial charge on any atom is -0.375 e. The van der Waals surface area contributed by atoms with E-state index in [0.29, 0.717) is 43.4 Å². The van der Waals surface area contributed by atoms with Gasteiger partial charge in [-0.2, -0.15) is 5.26 Å². The third-order valence-corrected chi connectivity index (χ3v) is 7.79. The number of anilines is 2. The Hall–Kier alpha value is -4.03. The maximum atomic E-state index is 15.3. The molecular weight excluding hydrogens is 483 g/mol. The molecule has 3 aliphatic rings. The van der Waals surface area contributed by atoms with Gasteiger partial charge in [-0.3, -0.25) is 9.78 Å². The van der Waals surface area contributed by atoms with Crippen molar-refractivity contribution in [3.8, 4) is 6.07 Å². The number of pyridine rings is 2. The number of rotatable bonds is 5. The van der Waals surface area contributed by atoms with Gasteiger partial charge in [0.15, 0.2) is 11.6 Å². The first-order valence-corrected chi connectivity index (χ1v) is 13.0. The molecule has 0 unspecified atom stereocenters. The van der Waals surface area contributed by atoms with Gasteiger partial charge in [0.2, 0.25) is 0 Å². The fraction of sp³-hybridized carbons (Fsp3) is 0.379. The van der Waals surface area contributed by atoms with Gasteiger partial charge in [0, 0.05) is 44.1 Å². The second kappa shape index (κ2) is 9.69. The van der Waals surface area contributed by atoms with Crippen LogP contribution in [0.4, 0.5) is 15.9 Å². The lowest BCUT2D eigenvalue weighted by atomic mass is 9.79. The predicted octanol–water partition coefficient (Wildman–Crippen LogP) is 3.63. The maximum absolute atomic E-state index is 15.3. The van der Waals surface area contributed by atoms with Crippen molar-refractivity contribution in [3.63, 3.8) is 0 Å². The average molecular weight is 513 g/mol. The summed E-state index contributed by atoms with van der Waals surface area (Å²) in [4.78, 5) is 25.8. The van der Waals surface area contributed by atoms with Crippen molar-refractivity contribution >= 4 is 17.4 Å². The Kier molecular flexibility index (Phi) is 6.20. The van der Waals surface area contributed by atoms with Gasteiger partial charge in [-0.1, -0.05) is 6.07 Å². The Balaban J connectivity index is 1.15. The van der Waals surface area contributed by atoms with Crippen LogP contribution in [0.5, 0.6) is 0 Å². The Morgan fingerprint density at radius 1 is 1.16 bits per heavy atom. The highest BCUT2D eigenvalue weighted by Gasteiger charge is 2.33. The molecule has 2 aromatic heterocycles. The molecule has 9 heteroatoms. The number of hydrogen-bond donors (Lipinski definition) is 1.